The molecular formula is C49H34Cl2F6N4O10S8. The summed E-state index contributed by atoms with van der Waals surface area (Å²) in [4.78, 5) is 1.07. The van der Waals surface area contributed by atoms with Crippen LogP contribution in [0.15, 0.2) is 187 Å². The number of anilines is 4. The second-order valence-corrected chi connectivity index (χ2v) is 28.6. The molecule has 0 aliphatic rings. The molecule has 0 amide bonds. The minimum Gasteiger partial charge on any atom is -0.406 e. The monoisotopic (exact) mass is 1280 g/mol. The van der Waals surface area contributed by atoms with Gasteiger partial charge in [0, 0.05) is 14.5 Å². The maximum atomic E-state index is 13.2. The van der Waals surface area contributed by atoms with Crippen molar-refractivity contribution in [2.24, 2.45) is 0 Å². The fourth-order valence-corrected chi connectivity index (χ4v) is 15.7. The second-order valence-electron chi connectivity index (χ2n) is 16.0. The van der Waals surface area contributed by atoms with Crippen molar-refractivity contribution in [3.05, 3.63) is 172 Å². The number of halogens is 8. The lowest BCUT2D eigenvalue weighted by molar-refractivity contribution is -0.275. The highest BCUT2D eigenvalue weighted by molar-refractivity contribution is 7.98. The highest BCUT2D eigenvalue weighted by atomic mass is 35.5. The summed E-state index contributed by atoms with van der Waals surface area (Å²) in [6, 6.07) is 38.7. The van der Waals surface area contributed by atoms with Crippen LogP contribution in [0.5, 0.6) is 11.5 Å². The lowest BCUT2D eigenvalue weighted by atomic mass is 10.0. The molecule has 0 aliphatic heterocycles. The van der Waals surface area contributed by atoms with Gasteiger partial charge in [0.05, 0.1) is 41.2 Å². The van der Waals surface area contributed by atoms with E-state index in [9.17, 15) is 60.0 Å². The molecule has 79 heavy (non-hydrogen) atoms. The standard InChI is InChI=1S/C25H16ClF3N2O5S4.C24H18ClF3N2O5S4/c26-23-11-12-24(38-23)40(34,35)30-19-10-5-16(22-14-15-3-1-2-4-21(15)37-22)13-20(19)31-39(32,33)18-8-6-17(7-9-18)36-25(27,28)29;1-36-18-7-2-15(3-8-18)16-4-11-20(29-39(33,34)23-13-12-22(25)37-23)21(14-16)30-38(31,32)19-9-5-17(6-10-19)35-24(26,27)28/h1-14,30-31H;2-14,29-30H,1H3. The second kappa shape index (κ2) is 23.5. The molecule has 3 heterocycles. The molecule has 0 bridgehead atoms. The zero-order valence-electron chi connectivity index (χ0n) is 39.5. The fraction of sp³-hybridized carbons (Fsp3) is 0.0612. The molecule has 14 nitrogen and oxygen atoms in total. The van der Waals surface area contributed by atoms with Crippen LogP contribution in [0.3, 0.4) is 0 Å². The molecule has 0 saturated carbocycles. The van der Waals surface area contributed by atoms with E-state index in [-0.39, 0.29) is 49.6 Å². The summed E-state index contributed by atoms with van der Waals surface area (Å²) in [7, 11) is -17.0. The Morgan fingerprint density at radius 2 is 0.861 bits per heavy atom. The number of thioether (sulfide) groups is 1. The molecule has 0 radical (unpaired) electrons. The van der Waals surface area contributed by atoms with Crippen LogP contribution < -0.4 is 28.4 Å². The molecule has 9 rings (SSSR count). The molecule has 0 unspecified atom stereocenters. The van der Waals surface area contributed by atoms with Crippen LogP contribution in [-0.4, -0.2) is 52.7 Å². The predicted octanol–water partition coefficient (Wildman–Crippen LogP) is 15.1. The maximum absolute atomic E-state index is 13.2. The minimum absolute atomic E-state index is 0.0741. The van der Waals surface area contributed by atoms with Crippen LogP contribution in [-0.2, 0) is 40.1 Å². The maximum Gasteiger partial charge on any atom is 0.573 e. The summed E-state index contributed by atoms with van der Waals surface area (Å²) in [5.74, 6) is -1.19. The largest absolute Gasteiger partial charge is 0.573 e. The number of nitrogens with one attached hydrogen (secondary N) is 4. The summed E-state index contributed by atoms with van der Waals surface area (Å²) in [6.07, 6.45) is -7.96. The Morgan fingerprint density at radius 1 is 0.443 bits per heavy atom. The van der Waals surface area contributed by atoms with Crippen LogP contribution in [0.1, 0.15) is 0 Å². The van der Waals surface area contributed by atoms with E-state index in [1.54, 1.807) is 23.9 Å². The zero-order valence-corrected chi connectivity index (χ0v) is 47.5. The molecule has 30 heteroatoms. The van der Waals surface area contributed by atoms with Crippen molar-refractivity contribution in [1.82, 2.24) is 0 Å². The van der Waals surface area contributed by atoms with E-state index in [1.807, 2.05) is 60.9 Å². The molecule has 9 aromatic rings. The van der Waals surface area contributed by atoms with Crippen molar-refractivity contribution in [2.75, 3.05) is 25.1 Å². The molecule has 0 atom stereocenters. The van der Waals surface area contributed by atoms with Gasteiger partial charge in [0.2, 0.25) is 0 Å². The topological polar surface area (TPSA) is 203 Å². The number of hydrogen-bond acceptors (Lipinski definition) is 14. The van der Waals surface area contributed by atoms with Gasteiger partial charge in [0.15, 0.2) is 0 Å². The van der Waals surface area contributed by atoms with Gasteiger partial charge in [-0.05, 0) is 150 Å². The van der Waals surface area contributed by atoms with E-state index in [4.69, 9.17) is 23.2 Å². The number of hydrogen-bond donors (Lipinski definition) is 4. The quantitative estimate of drug-likeness (QED) is 0.0499. The number of alkyl halides is 6. The Hall–Kier alpha value is -6.21. The zero-order chi connectivity index (χ0) is 57.1. The fourth-order valence-electron chi connectivity index (χ4n) is 7.00. The molecule has 0 spiro atoms. The van der Waals surface area contributed by atoms with Crippen LogP contribution in [0, 0.1) is 0 Å². The third-order valence-corrected chi connectivity index (χ3v) is 21.4. The average molecular weight is 1280 g/mol. The van der Waals surface area contributed by atoms with E-state index in [2.05, 4.69) is 28.4 Å². The highest BCUT2D eigenvalue weighted by Gasteiger charge is 2.33. The lowest BCUT2D eigenvalue weighted by Gasteiger charge is -2.16. The number of ether oxygens (including phenoxy) is 2. The SMILES string of the molecule is CSc1ccc(-c2ccc(NS(=O)(=O)c3ccc(Cl)s3)c(NS(=O)(=O)c3ccc(OC(F)(F)F)cc3)c2)cc1.O=S(=O)(Nc1cc(-c2cc3ccccc3s2)ccc1NS(=O)(=O)c1ccc(Cl)s1)c1ccc(OC(F)(F)F)cc1. The predicted molar refractivity (Wildman–Crippen MR) is 299 cm³/mol. The lowest BCUT2D eigenvalue weighted by Crippen LogP contribution is -2.18. The van der Waals surface area contributed by atoms with Gasteiger partial charge in [0.25, 0.3) is 40.1 Å². The summed E-state index contributed by atoms with van der Waals surface area (Å²) >= 11 is 16.4. The van der Waals surface area contributed by atoms with E-state index in [0.717, 1.165) is 96.6 Å². The molecule has 0 fully saturated rings. The number of sulfonamides is 4. The van der Waals surface area contributed by atoms with E-state index in [0.29, 0.717) is 11.1 Å². The van der Waals surface area contributed by atoms with Gasteiger partial charge < -0.3 is 9.47 Å². The first-order valence-electron chi connectivity index (χ1n) is 21.8. The Balaban J connectivity index is 0.000000208. The molecule has 6 aromatic carbocycles. The van der Waals surface area contributed by atoms with Gasteiger partial charge in [-0.1, -0.05) is 65.7 Å². The van der Waals surface area contributed by atoms with Crippen LogP contribution in [0.25, 0.3) is 31.7 Å². The van der Waals surface area contributed by atoms with E-state index in [1.165, 1.54) is 59.9 Å². The molecule has 3 aromatic heterocycles. The van der Waals surface area contributed by atoms with Crippen molar-refractivity contribution >= 4 is 142 Å². The smallest absolute Gasteiger partial charge is 0.406 e. The summed E-state index contributed by atoms with van der Waals surface area (Å²) < 4.78 is 198. The minimum atomic E-state index is -4.94. The molecule has 0 saturated heterocycles. The van der Waals surface area contributed by atoms with Gasteiger partial charge in [-0.15, -0.1) is 72.1 Å². The van der Waals surface area contributed by atoms with Crippen LogP contribution >= 0.6 is 69.0 Å². The summed E-state index contributed by atoms with van der Waals surface area (Å²) in [6.45, 7) is 0. The van der Waals surface area contributed by atoms with Crippen molar-refractivity contribution in [2.45, 2.75) is 35.8 Å². The number of fused-ring (bicyclic) bond motifs is 1. The third-order valence-electron chi connectivity index (χ3n) is 10.5. The Labute approximate surface area is 474 Å². The van der Waals surface area contributed by atoms with Crippen LogP contribution in [0.4, 0.5) is 49.1 Å². The Morgan fingerprint density at radius 3 is 1.28 bits per heavy atom. The van der Waals surface area contributed by atoms with E-state index < -0.39 is 64.3 Å². The first kappa shape index (κ1) is 58.9. The normalized spacial score (nSPS) is 12.3. The Kier molecular flexibility index (Phi) is 17.5. The number of thiophene rings is 3. The van der Waals surface area contributed by atoms with Gasteiger partial charge in [0.1, 0.15) is 19.9 Å². The number of benzene rings is 6. The first-order chi connectivity index (χ1) is 37.0. The first-order valence-corrected chi connectivity index (χ1v) is 32.2. The number of rotatable bonds is 17. The van der Waals surface area contributed by atoms with Gasteiger partial charge >= 0.3 is 12.7 Å². The molecule has 4 N–H and O–H groups in total. The average Bonchev–Trinajstić information content (AvgIpc) is 4.22. The highest BCUT2D eigenvalue weighted by Crippen LogP contribution is 2.40. The van der Waals surface area contributed by atoms with Crippen molar-refractivity contribution in [3.63, 3.8) is 0 Å². The molecule has 0 aliphatic carbocycles. The summed E-state index contributed by atoms with van der Waals surface area (Å²) in [5.41, 5.74) is 1.56. The van der Waals surface area contributed by atoms with Crippen molar-refractivity contribution in [1.29, 1.82) is 0 Å². The third kappa shape index (κ3) is 15.4. The Bertz CT molecular complexity index is 4110. The van der Waals surface area contributed by atoms with E-state index >= 15 is 0 Å². The van der Waals surface area contributed by atoms with Crippen molar-refractivity contribution < 1.29 is 69.5 Å². The van der Waals surface area contributed by atoms with Gasteiger partial charge in [-0.2, -0.15) is 0 Å². The van der Waals surface area contributed by atoms with Crippen molar-refractivity contribution in [3.8, 4) is 33.1 Å². The van der Waals surface area contributed by atoms with Crippen LogP contribution in [0.2, 0.25) is 8.67 Å². The van der Waals surface area contributed by atoms with Gasteiger partial charge in [-0.3, -0.25) is 18.9 Å². The molecule has 414 valence electrons. The van der Waals surface area contributed by atoms with Gasteiger partial charge in [-0.25, -0.2) is 33.7 Å². The molecular weight excluding hydrogens is 1250 g/mol. The summed E-state index contributed by atoms with van der Waals surface area (Å²) in [5, 5.41) is 0.977.